The Morgan fingerprint density at radius 3 is 2.95 bits per heavy atom. The van der Waals surface area contributed by atoms with E-state index in [1.165, 1.54) is 0 Å². The predicted octanol–water partition coefficient (Wildman–Crippen LogP) is 3.54. The van der Waals surface area contributed by atoms with Crippen molar-refractivity contribution in [1.29, 1.82) is 0 Å². The topological polar surface area (TPSA) is 54.0 Å². The lowest BCUT2D eigenvalue weighted by Gasteiger charge is -2.14. The molecule has 0 aliphatic rings. The Morgan fingerprint density at radius 2 is 2.16 bits per heavy atom. The van der Waals surface area contributed by atoms with Crippen molar-refractivity contribution in [2.75, 3.05) is 5.32 Å². The van der Waals surface area contributed by atoms with Crippen LogP contribution < -0.4 is 10.6 Å². The van der Waals surface area contributed by atoms with E-state index in [1.54, 1.807) is 6.20 Å². The normalized spacial score (nSPS) is 12.1. The van der Waals surface area contributed by atoms with Gasteiger partial charge in [-0.15, -0.1) is 0 Å². The van der Waals surface area contributed by atoms with Gasteiger partial charge in [-0.1, -0.05) is 19.4 Å². The number of nitrogens with one attached hydrogen (secondary N) is 2. The maximum absolute atomic E-state index is 11.9. The molecule has 2 aromatic rings. The summed E-state index contributed by atoms with van der Waals surface area (Å²) < 4.78 is 0. The number of pyridine rings is 1. The molecule has 0 bridgehead atoms. The zero-order valence-electron chi connectivity index (χ0n) is 11.3. The molecule has 1 heterocycles. The van der Waals surface area contributed by atoms with E-state index in [0.29, 0.717) is 0 Å². The summed E-state index contributed by atoms with van der Waals surface area (Å²) in [4.78, 5) is 16.2. The first kappa shape index (κ1) is 13.3. The standard InChI is InChI=1S/C15H19N3O/c1-3-6-11(2)17-15(19)18-14-9-4-8-13-12(14)7-5-10-16-13/h4-5,7-11H,3,6H2,1-2H3,(H2,17,18,19)/t11-/m0/s1. The van der Waals surface area contributed by atoms with Gasteiger partial charge in [0.15, 0.2) is 0 Å². The van der Waals surface area contributed by atoms with Gasteiger partial charge in [0.25, 0.3) is 0 Å². The van der Waals surface area contributed by atoms with Crippen LogP contribution in [0.4, 0.5) is 10.5 Å². The molecule has 2 amide bonds. The summed E-state index contributed by atoms with van der Waals surface area (Å²) >= 11 is 0. The number of urea groups is 1. The van der Waals surface area contributed by atoms with Crippen LogP contribution in [0.3, 0.4) is 0 Å². The number of anilines is 1. The molecule has 0 saturated carbocycles. The molecular formula is C15H19N3O. The summed E-state index contributed by atoms with van der Waals surface area (Å²) in [6.45, 7) is 4.11. The molecule has 0 radical (unpaired) electrons. The highest BCUT2D eigenvalue weighted by atomic mass is 16.2. The highest BCUT2D eigenvalue weighted by molar-refractivity contribution is 6.00. The van der Waals surface area contributed by atoms with Crippen LogP contribution in [-0.2, 0) is 0 Å². The molecule has 0 aliphatic carbocycles. The smallest absolute Gasteiger partial charge is 0.319 e. The molecule has 1 atom stereocenters. The molecule has 0 spiro atoms. The minimum atomic E-state index is -0.169. The van der Waals surface area contributed by atoms with E-state index in [-0.39, 0.29) is 12.1 Å². The maximum Gasteiger partial charge on any atom is 0.319 e. The quantitative estimate of drug-likeness (QED) is 0.880. The largest absolute Gasteiger partial charge is 0.335 e. The molecule has 0 unspecified atom stereocenters. The van der Waals surface area contributed by atoms with Crippen LogP contribution >= 0.6 is 0 Å². The fourth-order valence-electron chi connectivity index (χ4n) is 2.10. The predicted molar refractivity (Wildman–Crippen MR) is 78.3 cm³/mol. The van der Waals surface area contributed by atoms with E-state index in [4.69, 9.17) is 0 Å². The Morgan fingerprint density at radius 1 is 1.32 bits per heavy atom. The zero-order chi connectivity index (χ0) is 13.7. The van der Waals surface area contributed by atoms with Crippen LogP contribution in [-0.4, -0.2) is 17.1 Å². The van der Waals surface area contributed by atoms with Crippen LogP contribution in [0.5, 0.6) is 0 Å². The lowest BCUT2D eigenvalue weighted by atomic mass is 10.2. The number of aromatic nitrogens is 1. The third kappa shape index (κ3) is 3.44. The second-order valence-electron chi connectivity index (χ2n) is 4.66. The Balaban J connectivity index is 2.11. The number of carbonyl (C=O) groups excluding carboxylic acids is 1. The Bertz CT molecular complexity index is 563. The minimum Gasteiger partial charge on any atom is -0.335 e. The van der Waals surface area contributed by atoms with Gasteiger partial charge >= 0.3 is 6.03 Å². The van der Waals surface area contributed by atoms with Gasteiger partial charge in [-0.2, -0.15) is 0 Å². The van der Waals surface area contributed by atoms with E-state index in [1.807, 2.05) is 37.3 Å². The number of benzene rings is 1. The van der Waals surface area contributed by atoms with Crippen LogP contribution in [0.1, 0.15) is 26.7 Å². The lowest BCUT2D eigenvalue weighted by Crippen LogP contribution is -2.35. The fraction of sp³-hybridized carbons (Fsp3) is 0.333. The van der Waals surface area contributed by atoms with Crippen molar-refractivity contribution in [3.63, 3.8) is 0 Å². The van der Waals surface area contributed by atoms with Gasteiger partial charge in [-0.25, -0.2) is 4.79 Å². The molecule has 2 rings (SSSR count). The number of hydrogen-bond donors (Lipinski definition) is 2. The zero-order valence-corrected chi connectivity index (χ0v) is 11.3. The van der Waals surface area contributed by atoms with E-state index < -0.39 is 0 Å². The average molecular weight is 257 g/mol. The molecule has 4 heteroatoms. The Labute approximate surface area is 113 Å². The van der Waals surface area contributed by atoms with E-state index in [2.05, 4.69) is 22.5 Å². The number of fused-ring (bicyclic) bond motifs is 1. The summed E-state index contributed by atoms with van der Waals surface area (Å²) in [6, 6.07) is 9.53. The third-order valence-corrected chi connectivity index (χ3v) is 2.99. The molecule has 0 saturated heterocycles. The van der Waals surface area contributed by atoms with Crippen LogP contribution in [0.15, 0.2) is 36.5 Å². The maximum atomic E-state index is 11.9. The second kappa shape index (κ2) is 6.18. The molecule has 100 valence electrons. The minimum absolute atomic E-state index is 0.169. The molecule has 4 nitrogen and oxygen atoms in total. The Hall–Kier alpha value is -2.10. The molecule has 1 aromatic carbocycles. The lowest BCUT2D eigenvalue weighted by molar-refractivity contribution is 0.248. The van der Waals surface area contributed by atoms with Gasteiger partial charge in [-0.3, -0.25) is 4.98 Å². The fourth-order valence-corrected chi connectivity index (χ4v) is 2.10. The molecule has 1 aromatic heterocycles. The molecule has 19 heavy (non-hydrogen) atoms. The molecule has 2 N–H and O–H groups in total. The molecule has 0 fully saturated rings. The first-order valence-corrected chi connectivity index (χ1v) is 6.62. The van der Waals surface area contributed by atoms with E-state index in [9.17, 15) is 4.79 Å². The summed E-state index contributed by atoms with van der Waals surface area (Å²) in [5, 5.41) is 6.76. The number of amides is 2. The molecular weight excluding hydrogens is 238 g/mol. The van der Waals surface area contributed by atoms with Gasteiger partial charge < -0.3 is 10.6 Å². The first-order chi connectivity index (χ1) is 9.20. The SMILES string of the molecule is CCC[C@H](C)NC(=O)Nc1cccc2ncccc12. The summed E-state index contributed by atoms with van der Waals surface area (Å²) in [7, 11) is 0. The summed E-state index contributed by atoms with van der Waals surface area (Å²) in [6.07, 6.45) is 3.78. The van der Waals surface area contributed by atoms with Crippen LogP contribution in [0.2, 0.25) is 0 Å². The first-order valence-electron chi connectivity index (χ1n) is 6.62. The third-order valence-electron chi connectivity index (χ3n) is 2.99. The summed E-state index contributed by atoms with van der Waals surface area (Å²) in [5.41, 5.74) is 1.66. The van der Waals surface area contributed by atoms with Crippen molar-refractivity contribution in [3.05, 3.63) is 36.5 Å². The summed E-state index contributed by atoms with van der Waals surface area (Å²) in [5.74, 6) is 0. The van der Waals surface area contributed by atoms with Gasteiger partial charge in [-0.05, 0) is 37.6 Å². The van der Waals surface area contributed by atoms with Crippen LogP contribution in [0.25, 0.3) is 10.9 Å². The van der Waals surface area contributed by atoms with Gasteiger partial charge in [0.05, 0.1) is 11.2 Å². The highest BCUT2D eigenvalue weighted by Crippen LogP contribution is 2.21. The highest BCUT2D eigenvalue weighted by Gasteiger charge is 2.08. The van der Waals surface area contributed by atoms with E-state index >= 15 is 0 Å². The van der Waals surface area contributed by atoms with Crippen LogP contribution in [0, 0.1) is 0 Å². The van der Waals surface area contributed by atoms with Gasteiger partial charge in [0.1, 0.15) is 0 Å². The monoisotopic (exact) mass is 257 g/mol. The average Bonchev–Trinajstić information content (AvgIpc) is 2.39. The van der Waals surface area contributed by atoms with Gasteiger partial charge in [0.2, 0.25) is 0 Å². The van der Waals surface area contributed by atoms with Crippen molar-refractivity contribution in [1.82, 2.24) is 10.3 Å². The van der Waals surface area contributed by atoms with Crippen molar-refractivity contribution in [2.45, 2.75) is 32.7 Å². The number of hydrogen-bond acceptors (Lipinski definition) is 2. The van der Waals surface area contributed by atoms with Crippen molar-refractivity contribution in [2.24, 2.45) is 0 Å². The Kier molecular flexibility index (Phi) is 4.34. The number of carbonyl (C=O) groups is 1. The number of rotatable bonds is 4. The number of nitrogens with zero attached hydrogens (tertiary/aromatic N) is 1. The molecule has 0 aliphatic heterocycles. The van der Waals surface area contributed by atoms with Crippen molar-refractivity contribution in [3.8, 4) is 0 Å². The van der Waals surface area contributed by atoms with Crippen molar-refractivity contribution < 1.29 is 4.79 Å². The van der Waals surface area contributed by atoms with Gasteiger partial charge in [0, 0.05) is 17.6 Å². The second-order valence-corrected chi connectivity index (χ2v) is 4.66. The van der Waals surface area contributed by atoms with Crippen molar-refractivity contribution >= 4 is 22.6 Å². The van der Waals surface area contributed by atoms with E-state index in [0.717, 1.165) is 29.4 Å².